The third-order valence-electron chi connectivity index (χ3n) is 7.55. The number of Topliss-reactive ketones (excluding diaryl/α,β-unsaturated/α-hetero) is 1. The molecule has 1 aromatic carbocycles. The number of nitrogens with zero attached hydrogens (tertiary/aromatic N) is 6. The molecule has 1 aromatic heterocycles. The summed E-state index contributed by atoms with van der Waals surface area (Å²) in [5, 5.41) is 8.84. The van der Waals surface area contributed by atoms with Crippen LogP contribution in [-0.4, -0.2) is 102 Å². The third kappa shape index (κ3) is 5.13. The van der Waals surface area contributed by atoms with E-state index in [1.165, 1.54) is 19.3 Å². The number of carbonyl (C=O) groups is 2. The molecule has 3 aliphatic rings. The summed E-state index contributed by atoms with van der Waals surface area (Å²) in [6.07, 6.45) is 4.03. The molecule has 0 radical (unpaired) electrons. The monoisotopic (exact) mass is 462 g/mol. The molecule has 0 N–H and O–H groups in total. The van der Waals surface area contributed by atoms with E-state index in [0.717, 1.165) is 75.5 Å². The first kappa shape index (κ1) is 22.9. The van der Waals surface area contributed by atoms with Gasteiger partial charge in [-0.2, -0.15) is 0 Å². The van der Waals surface area contributed by atoms with Gasteiger partial charge in [-0.1, -0.05) is 30.7 Å². The van der Waals surface area contributed by atoms with Crippen molar-refractivity contribution in [1.29, 1.82) is 0 Å². The van der Waals surface area contributed by atoms with E-state index in [0.29, 0.717) is 12.1 Å². The minimum absolute atomic E-state index is 0.0559. The van der Waals surface area contributed by atoms with Gasteiger partial charge in [-0.25, -0.2) is 0 Å². The fraction of sp³-hybridized carbons (Fsp3) is 0.538. The SMILES string of the molecule is CC(=O)c1ccc(-c2ccc(N3CCN(CC(=O)N4CCN(C5CCC5)CC4)CC3)nn2)cc1. The van der Waals surface area contributed by atoms with Crippen molar-refractivity contribution in [2.24, 2.45) is 0 Å². The zero-order valence-electron chi connectivity index (χ0n) is 20.0. The Morgan fingerprint density at radius 2 is 1.56 bits per heavy atom. The highest BCUT2D eigenvalue weighted by atomic mass is 16.2. The van der Waals surface area contributed by atoms with Gasteiger partial charge in [-0.15, -0.1) is 10.2 Å². The fourth-order valence-electron chi connectivity index (χ4n) is 5.04. The van der Waals surface area contributed by atoms with Gasteiger partial charge in [0, 0.05) is 69.5 Å². The normalized spacial score (nSPS) is 20.3. The Balaban J connectivity index is 1.08. The molecule has 1 aliphatic carbocycles. The molecule has 0 bridgehead atoms. The maximum atomic E-state index is 12.8. The predicted molar refractivity (Wildman–Crippen MR) is 132 cm³/mol. The number of aromatic nitrogens is 2. The number of rotatable bonds is 6. The molecule has 1 amide bonds. The Bertz CT molecular complexity index is 989. The Hall–Kier alpha value is -2.84. The molecule has 8 nitrogen and oxygen atoms in total. The van der Waals surface area contributed by atoms with Gasteiger partial charge in [0.05, 0.1) is 12.2 Å². The first-order valence-electron chi connectivity index (χ1n) is 12.5. The van der Waals surface area contributed by atoms with E-state index in [-0.39, 0.29) is 11.7 Å². The van der Waals surface area contributed by atoms with Gasteiger partial charge >= 0.3 is 0 Å². The molecule has 5 rings (SSSR count). The van der Waals surface area contributed by atoms with Crippen molar-refractivity contribution < 1.29 is 9.59 Å². The molecular formula is C26H34N6O2. The van der Waals surface area contributed by atoms with Crippen molar-refractivity contribution >= 4 is 17.5 Å². The summed E-state index contributed by atoms with van der Waals surface area (Å²) in [5.41, 5.74) is 2.43. The summed E-state index contributed by atoms with van der Waals surface area (Å²) in [4.78, 5) is 33.4. The van der Waals surface area contributed by atoms with Crippen LogP contribution in [0.3, 0.4) is 0 Å². The van der Waals surface area contributed by atoms with Gasteiger partial charge < -0.3 is 9.80 Å². The molecule has 0 spiro atoms. The van der Waals surface area contributed by atoms with Crippen LogP contribution in [0.5, 0.6) is 0 Å². The average molecular weight is 463 g/mol. The highest BCUT2D eigenvalue weighted by Crippen LogP contribution is 2.25. The Kier molecular flexibility index (Phi) is 6.87. The number of anilines is 1. The number of hydrogen-bond donors (Lipinski definition) is 0. The Labute approximate surface area is 201 Å². The second-order valence-electron chi connectivity index (χ2n) is 9.67. The molecule has 2 aliphatic heterocycles. The van der Waals surface area contributed by atoms with Gasteiger partial charge in [-0.3, -0.25) is 19.4 Å². The number of benzene rings is 1. The molecule has 8 heteroatoms. The van der Waals surface area contributed by atoms with E-state index in [9.17, 15) is 9.59 Å². The van der Waals surface area contributed by atoms with Crippen LogP contribution in [0.2, 0.25) is 0 Å². The molecule has 3 fully saturated rings. The lowest BCUT2D eigenvalue weighted by molar-refractivity contribution is -0.134. The zero-order valence-corrected chi connectivity index (χ0v) is 20.0. The van der Waals surface area contributed by atoms with Crippen LogP contribution < -0.4 is 4.90 Å². The molecule has 34 heavy (non-hydrogen) atoms. The highest BCUT2D eigenvalue weighted by molar-refractivity contribution is 5.94. The lowest BCUT2D eigenvalue weighted by Crippen LogP contribution is -2.56. The van der Waals surface area contributed by atoms with Crippen LogP contribution in [0.4, 0.5) is 5.82 Å². The largest absolute Gasteiger partial charge is 0.353 e. The van der Waals surface area contributed by atoms with E-state index in [1.807, 2.05) is 36.4 Å². The molecule has 0 atom stereocenters. The van der Waals surface area contributed by atoms with Crippen LogP contribution in [0.25, 0.3) is 11.3 Å². The summed E-state index contributed by atoms with van der Waals surface area (Å²) >= 11 is 0. The van der Waals surface area contributed by atoms with E-state index < -0.39 is 0 Å². The molecule has 2 saturated heterocycles. The predicted octanol–water partition coefficient (Wildman–Crippen LogP) is 2.16. The van der Waals surface area contributed by atoms with E-state index in [1.54, 1.807) is 6.92 Å². The zero-order chi connectivity index (χ0) is 23.5. The van der Waals surface area contributed by atoms with Crippen molar-refractivity contribution in [1.82, 2.24) is 24.9 Å². The fourth-order valence-corrected chi connectivity index (χ4v) is 5.04. The third-order valence-corrected chi connectivity index (χ3v) is 7.55. The Morgan fingerprint density at radius 3 is 2.12 bits per heavy atom. The molecule has 0 unspecified atom stereocenters. The molecular weight excluding hydrogens is 428 g/mol. The number of hydrogen-bond acceptors (Lipinski definition) is 7. The van der Waals surface area contributed by atoms with Gasteiger partial charge in [0.1, 0.15) is 0 Å². The summed E-state index contributed by atoms with van der Waals surface area (Å²) < 4.78 is 0. The minimum atomic E-state index is 0.0559. The van der Waals surface area contributed by atoms with Crippen molar-refractivity contribution in [3.05, 3.63) is 42.0 Å². The summed E-state index contributed by atoms with van der Waals surface area (Å²) in [5.74, 6) is 1.18. The number of carbonyl (C=O) groups excluding carboxylic acids is 2. The van der Waals surface area contributed by atoms with Crippen LogP contribution in [0.1, 0.15) is 36.5 Å². The summed E-state index contributed by atoms with van der Waals surface area (Å²) in [6, 6.07) is 12.2. The van der Waals surface area contributed by atoms with Gasteiger partial charge in [0.25, 0.3) is 0 Å². The molecule has 1 saturated carbocycles. The van der Waals surface area contributed by atoms with E-state index >= 15 is 0 Å². The van der Waals surface area contributed by atoms with E-state index in [2.05, 4.69) is 29.8 Å². The highest BCUT2D eigenvalue weighted by Gasteiger charge is 2.30. The lowest BCUT2D eigenvalue weighted by atomic mass is 9.91. The smallest absolute Gasteiger partial charge is 0.236 e. The first-order valence-corrected chi connectivity index (χ1v) is 12.5. The van der Waals surface area contributed by atoms with Crippen molar-refractivity contribution in [3.63, 3.8) is 0 Å². The Morgan fingerprint density at radius 1 is 0.853 bits per heavy atom. The van der Waals surface area contributed by atoms with Crippen molar-refractivity contribution in [2.75, 3.05) is 63.8 Å². The average Bonchev–Trinajstić information content (AvgIpc) is 2.84. The quantitative estimate of drug-likeness (QED) is 0.609. The van der Waals surface area contributed by atoms with Crippen molar-refractivity contribution in [2.45, 2.75) is 32.2 Å². The maximum absolute atomic E-state index is 12.8. The van der Waals surface area contributed by atoms with Gasteiger partial charge in [0.15, 0.2) is 11.6 Å². The lowest BCUT2D eigenvalue weighted by Gasteiger charge is -2.43. The topological polar surface area (TPSA) is 72.9 Å². The van der Waals surface area contributed by atoms with Gasteiger partial charge in [-0.05, 0) is 31.9 Å². The van der Waals surface area contributed by atoms with E-state index in [4.69, 9.17) is 0 Å². The summed E-state index contributed by atoms with van der Waals surface area (Å²) in [6.45, 7) is 9.25. The van der Waals surface area contributed by atoms with Crippen LogP contribution in [-0.2, 0) is 4.79 Å². The first-order chi connectivity index (χ1) is 16.6. The number of ketones is 1. The van der Waals surface area contributed by atoms with Gasteiger partial charge in [0.2, 0.25) is 5.91 Å². The number of amides is 1. The standard InChI is InChI=1S/C26H34N6O2/c1-20(33)21-5-7-22(8-6-21)24-9-10-25(28-27-24)31-13-11-29(12-14-31)19-26(34)32-17-15-30(16-18-32)23-3-2-4-23/h5-10,23H,2-4,11-19H2,1H3. The van der Waals surface area contributed by atoms with Crippen molar-refractivity contribution in [3.8, 4) is 11.3 Å². The number of piperazine rings is 2. The second kappa shape index (κ2) is 10.2. The molecule has 3 heterocycles. The van der Waals surface area contributed by atoms with Crippen LogP contribution >= 0.6 is 0 Å². The second-order valence-corrected chi connectivity index (χ2v) is 9.67. The minimum Gasteiger partial charge on any atom is -0.353 e. The van der Waals surface area contributed by atoms with Crippen LogP contribution in [0, 0.1) is 0 Å². The molecule has 2 aromatic rings. The summed E-state index contributed by atoms with van der Waals surface area (Å²) in [7, 11) is 0. The van der Waals surface area contributed by atoms with Crippen LogP contribution in [0.15, 0.2) is 36.4 Å². The maximum Gasteiger partial charge on any atom is 0.236 e. The molecule has 180 valence electrons.